The number of hydrogen-bond donors (Lipinski definition) is 0. The number of nitrogens with zero attached hydrogens (tertiary/aromatic N) is 7. The lowest BCUT2D eigenvalue weighted by atomic mass is 10.0. The van der Waals surface area contributed by atoms with Crippen molar-refractivity contribution in [2.75, 3.05) is 0 Å². The van der Waals surface area contributed by atoms with Gasteiger partial charge in [0.25, 0.3) is 0 Å². The first-order chi connectivity index (χ1) is 30.3. The third kappa shape index (κ3) is 5.74. The second-order valence-electron chi connectivity index (χ2n) is 15.2. The smallest absolute Gasteiger partial charge is 0.187 e. The zero-order valence-electron chi connectivity index (χ0n) is 32.8. The Kier molecular flexibility index (Phi) is 8.03. The fourth-order valence-corrected chi connectivity index (χ4v) is 8.92. The molecule has 5 heterocycles. The van der Waals surface area contributed by atoms with E-state index >= 15 is 0 Å². The van der Waals surface area contributed by atoms with Gasteiger partial charge in [0, 0.05) is 51.0 Å². The van der Waals surface area contributed by atoms with Crippen molar-refractivity contribution in [1.82, 2.24) is 33.9 Å². The maximum atomic E-state index is 4.92. The molecule has 0 spiro atoms. The van der Waals surface area contributed by atoms with Crippen LogP contribution in [0, 0.1) is 0 Å². The molecule has 0 fully saturated rings. The van der Waals surface area contributed by atoms with Crippen molar-refractivity contribution in [3.05, 3.63) is 213 Å². The van der Waals surface area contributed by atoms with Crippen LogP contribution in [0.3, 0.4) is 0 Å². The lowest BCUT2D eigenvalue weighted by Gasteiger charge is -2.13. The molecule has 0 amide bonds. The minimum absolute atomic E-state index is 0.618. The normalized spacial score (nSPS) is 11.6. The summed E-state index contributed by atoms with van der Waals surface area (Å²) in [5, 5.41) is 14.5. The molecule has 0 bridgehead atoms. The second kappa shape index (κ2) is 14.1. The maximum Gasteiger partial charge on any atom is 0.187 e. The zero-order valence-corrected chi connectivity index (χ0v) is 32.8. The number of aromatic nitrogens is 7. The van der Waals surface area contributed by atoms with Gasteiger partial charge in [-0.2, -0.15) is 0 Å². The SMILES string of the molecule is c1ccc(-c2ccc3c(c2)c2ccccc2n3-c2ccnc(-c3nnc(-c4cc(-n5c6ccccc6c6cc(-c7ccccc7)ccc65)ccn4)n3-c3ccccc3)c2)cc1. The van der Waals surface area contributed by atoms with E-state index in [1.54, 1.807) is 0 Å². The molecule has 0 aliphatic carbocycles. The first kappa shape index (κ1) is 34.6. The quantitative estimate of drug-likeness (QED) is 0.161. The minimum atomic E-state index is 0.618. The molecule has 0 aliphatic heterocycles. The summed E-state index contributed by atoms with van der Waals surface area (Å²) in [5.74, 6) is 1.24. The van der Waals surface area contributed by atoms with Gasteiger partial charge >= 0.3 is 0 Å². The van der Waals surface area contributed by atoms with Crippen LogP contribution in [0.2, 0.25) is 0 Å². The van der Waals surface area contributed by atoms with E-state index < -0.39 is 0 Å². The molecule has 0 saturated carbocycles. The van der Waals surface area contributed by atoms with Crippen LogP contribution in [-0.4, -0.2) is 33.9 Å². The molecular formula is C54H35N7. The van der Waals surface area contributed by atoms with Crippen molar-refractivity contribution in [2.24, 2.45) is 0 Å². The number of benzene rings is 7. The van der Waals surface area contributed by atoms with Crippen LogP contribution in [-0.2, 0) is 0 Å². The standard InChI is InChI=1S/C54H35N7/c1-4-14-36(15-5-1)38-24-26-51-45(32-38)43-20-10-12-22-49(43)59(51)41-28-30-55-47(34-41)53-57-58-54(61(53)40-18-8-3-9-19-40)48-35-42(29-31-56-48)60-50-23-13-11-21-44(50)46-33-39(25-27-52(46)60)37-16-6-2-7-17-37/h1-35H. The fourth-order valence-electron chi connectivity index (χ4n) is 8.92. The largest absolute Gasteiger partial charge is 0.309 e. The van der Waals surface area contributed by atoms with E-state index in [4.69, 9.17) is 20.2 Å². The van der Waals surface area contributed by atoms with Crippen molar-refractivity contribution >= 4 is 43.6 Å². The van der Waals surface area contributed by atoms with E-state index in [0.29, 0.717) is 23.0 Å². The van der Waals surface area contributed by atoms with E-state index in [-0.39, 0.29) is 0 Å². The van der Waals surface area contributed by atoms with Crippen molar-refractivity contribution in [3.8, 4) is 62.4 Å². The predicted molar refractivity (Wildman–Crippen MR) is 247 cm³/mol. The molecule has 7 nitrogen and oxygen atoms in total. The predicted octanol–water partition coefficient (Wildman–Crippen LogP) is 12.9. The van der Waals surface area contributed by atoms with Crippen LogP contribution in [0.1, 0.15) is 0 Å². The molecule has 61 heavy (non-hydrogen) atoms. The molecule has 7 aromatic carbocycles. The number of rotatable bonds is 7. The van der Waals surface area contributed by atoms with Crippen LogP contribution in [0.25, 0.3) is 106 Å². The fraction of sp³-hybridized carbons (Fsp3) is 0. The summed E-state index contributed by atoms with van der Waals surface area (Å²) in [7, 11) is 0. The third-order valence-corrected chi connectivity index (χ3v) is 11.7. The highest BCUT2D eigenvalue weighted by molar-refractivity contribution is 6.11. The summed E-state index contributed by atoms with van der Waals surface area (Å²) in [6.45, 7) is 0. The van der Waals surface area contributed by atoms with E-state index in [1.165, 1.54) is 43.8 Å². The molecule has 0 atom stereocenters. The van der Waals surface area contributed by atoms with Gasteiger partial charge in [-0.3, -0.25) is 14.5 Å². The Morgan fingerprint density at radius 2 is 0.689 bits per heavy atom. The van der Waals surface area contributed by atoms with Gasteiger partial charge in [0.2, 0.25) is 0 Å². The highest BCUT2D eigenvalue weighted by Gasteiger charge is 2.22. The molecule has 12 aromatic rings. The highest BCUT2D eigenvalue weighted by Crippen LogP contribution is 2.38. The average molecular weight is 782 g/mol. The molecule has 12 rings (SSSR count). The van der Waals surface area contributed by atoms with Gasteiger partial charge in [0.1, 0.15) is 11.4 Å². The first-order valence-corrected chi connectivity index (χ1v) is 20.4. The summed E-state index contributed by atoms with van der Waals surface area (Å²) in [6.07, 6.45) is 3.72. The van der Waals surface area contributed by atoms with Crippen molar-refractivity contribution in [2.45, 2.75) is 0 Å². The summed E-state index contributed by atoms with van der Waals surface area (Å²) < 4.78 is 6.69. The first-order valence-electron chi connectivity index (χ1n) is 20.4. The average Bonchev–Trinajstić information content (AvgIpc) is 4.03. The number of pyridine rings is 2. The van der Waals surface area contributed by atoms with E-state index in [1.807, 2.05) is 30.6 Å². The van der Waals surface area contributed by atoms with Crippen LogP contribution in [0.15, 0.2) is 213 Å². The molecule has 0 N–H and O–H groups in total. The van der Waals surface area contributed by atoms with Crippen LogP contribution in [0.5, 0.6) is 0 Å². The van der Waals surface area contributed by atoms with Gasteiger partial charge in [-0.15, -0.1) is 10.2 Å². The van der Waals surface area contributed by atoms with Crippen molar-refractivity contribution < 1.29 is 0 Å². The Morgan fingerprint density at radius 3 is 1.16 bits per heavy atom. The lowest BCUT2D eigenvalue weighted by molar-refractivity contribution is 1.04. The van der Waals surface area contributed by atoms with Crippen LogP contribution >= 0.6 is 0 Å². The van der Waals surface area contributed by atoms with E-state index in [0.717, 1.165) is 39.1 Å². The number of para-hydroxylation sites is 3. The molecule has 0 saturated heterocycles. The molecule has 286 valence electrons. The van der Waals surface area contributed by atoms with Gasteiger partial charge < -0.3 is 9.13 Å². The van der Waals surface area contributed by atoms with Gasteiger partial charge in [-0.25, -0.2) is 0 Å². The molecule has 5 aromatic heterocycles. The van der Waals surface area contributed by atoms with E-state index in [9.17, 15) is 0 Å². The van der Waals surface area contributed by atoms with Gasteiger partial charge in [-0.05, 0) is 95.1 Å². The molecule has 0 aliphatic rings. The van der Waals surface area contributed by atoms with Gasteiger partial charge in [0.05, 0.1) is 22.1 Å². The number of hydrogen-bond acceptors (Lipinski definition) is 4. The molecule has 0 unspecified atom stereocenters. The van der Waals surface area contributed by atoms with E-state index in [2.05, 4.69) is 196 Å². The number of fused-ring (bicyclic) bond motifs is 6. The van der Waals surface area contributed by atoms with Gasteiger partial charge in [-0.1, -0.05) is 127 Å². The molecular weight excluding hydrogens is 747 g/mol. The Morgan fingerprint density at radius 1 is 0.279 bits per heavy atom. The molecule has 0 radical (unpaired) electrons. The van der Waals surface area contributed by atoms with Crippen molar-refractivity contribution in [1.29, 1.82) is 0 Å². The highest BCUT2D eigenvalue weighted by atomic mass is 15.3. The lowest BCUT2D eigenvalue weighted by Crippen LogP contribution is -2.03. The zero-order chi connectivity index (χ0) is 40.3. The maximum absolute atomic E-state index is 4.92. The Hall–Kier alpha value is -8.42. The van der Waals surface area contributed by atoms with Gasteiger partial charge in [0.15, 0.2) is 11.6 Å². The third-order valence-electron chi connectivity index (χ3n) is 11.7. The Labute approximate surface area is 351 Å². The summed E-state index contributed by atoms with van der Waals surface area (Å²) in [5.41, 5.74) is 13.5. The van der Waals surface area contributed by atoms with Crippen LogP contribution in [0.4, 0.5) is 0 Å². The van der Waals surface area contributed by atoms with Crippen LogP contribution < -0.4 is 0 Å². The summed E-state index contributed by atoms with van der Waals surface area (Å²) in [4.78, 5) is 9.84. The topological polar surface area (TPSA) is 66.3 Å². The Bertz CT molecular complexity index is 3370. The minimum Gasteiger partial charge on any atom is -0.309 e. The summed E-state index contributed by atoms with van der Waals surface area (Å²) >= 11 is 0. The molecule has 7 heteroatoms. The summed E-state index contributed by atoms with van der Waals surface area (Å²) in [6, 6.07) is 70.2. The Balaban J connectivity index is 0.998. The van der Waals surface area contributed by atoms with Crippen molar-refractivity contribution in [3.63, 3.8) is 0 Å². The monoisotopic (exact) mass is 781 g/mol. The second-order valence-corrected chi connectivity index (χ2v) is 15.2.